The minimum Gasteiger partial charge on any atom is -0.497 e. The topological polar surface area (TPSA) is 55.8 Å². The van der Waals surface area contributed by atoms with Crippen molar-refractivity contribution in [2.24, 2.45) is 5.92 Å². The van der Waals surface area contributed by atoms with E-state index in [1.165, 1.54) is 6.08 Å². The fraction of sp³-hybridized carbons (Fsp3) is 0.450. The lowest BCUT2D eigenvalue weighted by molar-refractivity contribution is -0.137. The molecule has 0 aliphatic heterocycles. The van der Waals surface area contributed by atoms with Gasteiger partial charge in [0.2, 0.25) is 0 Å². The quantitative estimate of drug-likeness (QED) is 0.302. The molecule has 0 radical (unpaired) electrons. The third-order valence-corrected chi connectivity index (χ3v) is 3.95. The predicted molar refractivity (Wildman–Crippen MR) is 95.9 cm³/mol. The average molecular weight is 332 g/mol. The van der Waals surface area contributed by atoms with Gasteiger partial charge in [0.25, 0.3) is 0 Å². The van der Waals surface area contributed by atoms with Crippen molar-refractivity contribution in [1.29, 1.82) is 0 Å². The van der Waals surface area contributed by atoms with Gasteiger partial charge in [0, 0.05) is 12.0 Å². The van der Waals surface area contributed by atoms with Crippen LogP contribution >= 0.6 is 0 Å². The minimum atomic E-state index is -0.645. The Labute approximate surface area is 144 Å². The van der Waals surface area contributed by atoms with Crippen molar-refractivity contribution < 1.29 is 19.4 Å². The molecule has 0 aliphatic rings. The molecule has 0 fully saturated rings. The number of allylic oxidation sites excluding steroid dienone is 1. The second-order valence-corrected chi connectivity index (χ2v) is 5.79. The Hall–Kier alpha value is -2.07. The fourth-order valence-electron chi connectivity index (χ4n) is 2.17. The van der Waals surface area contributed by atoms with Crippen molar-refractivity contribution in [2.45, 2.75) is 39.2 Å². The van der Waals surface area contributed by atoms with E-state index < -0.39 is 6.10 Å². The van der Waals surface area contributed by atoms with E-state index >= 15 is 0 Å². The first-order chi connectivity index (χ1) is 11.5. The molecule has 1 aromatic rings. The van der Waals surface area contributed by atoms with Crippen LogP contribution in [0.25, 0.3) is 0 Å². The number of esters is 1. The smallest absolute Gasteiger partial charge is 0.330 e. The van der Waals surface area contributed by atoms with Gasteiger partial charge in [-0.05, 0) is 30.5 Å². The van der Waals surface area contributed by atoms with Gasteiger partial charge in [-0.15, -0.1) is 0 Å². The molecule has 0 saturated carbocycles. The Balaban J connectivity index is 2.49. The van der Waals surface area contributed by atoms with Crippen LogP contribution in [0.15, 0.2) is 48.6 Å². The average Bonchev–Trinajstić information content (AvgIpc) is 2.60. The van der Waals surface area contributed by atoms with Gasteiger partial charge in [0.1, 0.15) is 5.75 Å². The van der Waals surface area contributed by atoms with Crippen LogP contribution in [0.3, 0.4) is 0 Å². The summed E-state index contributed by atoms with van der Waals surface area (Å²) in [4.78, 5) is 11.5. The van der Waals surface area contributed by atoms with Crippen LogP contribution in [-0.2, 0) is 9.53 Å². The highest BCUT2D eigenvalue weighted by Gasteiger charge is 2.18. The normalized spacial score (nSPS) is 13.5. The number of unbranched alkanes of at least 4 members (excludes halogenated alkanes) is 1. The van der Waals surface area contributed by atoms with E-state index in [1.54, 1.807) is 13.2 Å². The van der Waals surface area contributed by atoms with Crippen LogP contribution < -0.4 is 4.74 Å². The molecule has 4 nitrogen and oxygen atoms in total. The molecule has 0 unspecified atom stereocenters. The summed E-state index contributed by atoms with van der Waals surface area (Å²) in [5.74, 6) is 0.292. The standard InChI is InChI=1S/C20H28O4/c1-5-6-14-24-19(21)9-7-8-15(2)16(3)20(22)17-10-12-18(23-4)13-11-17/h7,9-13,16,20,22H,2,5-6,8,14H2,1,3-4H3/b9-7+/t16-,20-/m1/s1. The first kappa shape index (κ1) is 20.0. The zero-order valence-electron chi connectivity index (χ0n) is 14.8. The molecule has 24 heavy (non-hydrogen) atoms. The lowest BCUT2D eigenvalue weighted by atomic mass is 9.89. The number of benzene rings is 1. The largest absolute Gasteiger partial charge is 0.497 e. The molecule has 4 heteroatoms. The zero-order chi connectivity index (χ0) is 17.9. The second-order valence-electron chi connectivity index (χ2n) is 5.79. The number of hydrogen-bond donors (Lipinski definition) is 1. The number of carbonyl (C=O) groups is 1. The van der Waals surface area contributed by atoms with Gasteiger partial charge < -0.3 is 14.6 Å². The number of hydrogen-bond acceptors (Lipinski definition) is 4. The van der Waals surface area contributed by atoms with Gasteiger partial charge in [-0.3, -0.25) is 0 Å². The number of ether oxygens (including phenoxy) is 2. The molecule has 0 amide bonds. The summed E-state index contributed by atoms with van der Waals surface area (Å²) in [5, 5.41) is 10.5. The molecule has 0 saturated heterocycles. The first-order valence-electron chi connectivity index (χ1n) is 8.32. The summed E-state index contributed by atoms with van der Waals surface area (Å²) in [6.45, 7) is 8.44. The Bertz CT molecular complexity index is 545. The Morgan fingerprint density at radius 2 is 2.00 bits per heavy atom. The first-order valence-corrected chi connectivity index (χ1v) is 8.32. The second kappa shape index (κ2) is 10.7. The van der Waals surface area contributed by atoms with E-state index in [0.717, 1.165) is 29.7 Å². The van der Waals surface area contributed by atoms with Gasteiger partial charge in [0.05, 0.1) is 19.8 Å². The highest BCUT2D eigenvalue weighted by atomic mass is 16.5. The van der Waals surface area contributed by atoms with Gasteiger partial charge in [-0.2, -0.15) is 0 Å². The molecular formula is C20H28O4. The summed E-state index contributed by atoms with van der Waals surface area (Å²) in [6.07, 6.45) is 4.90. The van der Waals surface area contributed by atoms with Gasteiger partial charge in [-0.25, -0.2) is 4.79 Å². The number of rotatable bonds is 10. The van der Waals surface area contributed by atoms with Crippen LogP contribution in [0.5, 0.6) is 5.75 Å². The predicted octanol–water partition coefficient (Wildman–Crippen LogP) is 4.21. The molecule has 132 valence electrons. The van der Waals surface area contributed by atoms with Crippen molar-refractivity contribution in [3.8, 4) is 5.75 Å². The van der Waals surface area contributed by atoms with Crippen molar-refractivity contribution in [3.05, 3.63) is 54.1 Å². The van der Waals surface area contributed by atoms with E-state index in [2.05, 4.69) is 6.58 Å². The Morgan fingerprint density at radius 1 is 1.33 bits per heavy atom. The summed E-state index contributed by atoms with van der Waals surface area (Å²) < 4.78 is 10.2. The van der Waals surface area contributed by atoms with Crippen LogP contribution in [-0.4, -0.2) is 24.8 Å². The Kier molecular flexibility index (Phi) is 8.87. The van der Waals surface area contributed by atoms with Crippen LogP contribution in [0, 0.1) is 5.92 Å². The Morgan fingerprint density at radius 3 is 2.58 bits per heavy atom. The SMILES string of the molecule is C=C(C/C=C/C(=O)OCCCC)[C@@H](C)[C@@H](O)c1ccc(OC)cc1. The van der Waals surface area contributed by atoms with Crippen LogP contribution in [0.4, 0.5) is 0 Å². The molecule has 1 aromatic carbocycles. The zero-order valence-corrected chi connectivity index (χ0v) is 14.8. The van der Waals surface area contributed by atoms with E-state index in [0.29, 0.717) is 13.0 Å². The minimum absolute atomic E-state index is 0.126. The number of aliphatic hydroxyl groups is 1. The molecule has 0 spiro atoms. The van der Waals surface area contributed by atoms with E-state index in [-0.39, 0.29) is 11.9 Å². The molecule has 0 aliphatic carbocycles. The molecule has 1 rings (SSSR count). The summed E-state index contributed by atoms with van der Waals surface area (Å²) in [6, 6.07) is 7.32. The molecule has 2 atom stereocenters. The van der Waals surface area contributed by atoms with Crippen molar-refractivity contribution in [2.75, 3.05) is 13.7 Å². The van der Waals surface area contributed by atoms with Crippen molar-refractivity contribution >= 4 is 5.97 Å². The maximum Gasteiger partial charge on any atom is 0.330 e. The lowest BCUT2D eigenvalue weighted by Gasteiger charge is -2.21. The van der Waals surface area contributed by atoms with E-state index in [4.69, 9.17) is 9.47 Å². The van der Waals surface area contributed by atoms with Crippen molar-refractivity contribution in [3.63, 3.8) is 0 Å². The number of aliphatic hydroxyl groups excluding tert-OH is 1. The summed E-state index contributed by atoms with van der Waals surface area (Å²) >= 11 is 0. The van der Waals surface area contributed by atoms with Crippen molar-refractivity contribution in [1.82, 2.24) is 0 Å². The van der Waals surface area contributed by atoms with Gasteiger partial charge in [0.15, 0.2) is 0 Å². The molecule has 0 aromatic heterocycles. The number of methoxy groups -OCH3 is 1. The van der Waals surface area contributed by atoms with Gasteiger partial charge >= 0.3 is 5.97 Å². The highest BCUT2D eigenvalue weighted by Crippen LogP contribution is 2.29. The van der Waals surface area contributed by atoms with E-state index in [1.807, 2.05) is 38.1 Å². The molecule has 0 heterocycles. The van der Waals surface area contributed by atoms with E-state index in [9.17, 15) is 9.90 Å². The molecular weight excluding hydrogens is 304 g/mol. The lowest BCUT2D eigenvalue weighted by Crippen LogP contribution is -2.11. The third-order valence-electron chi connectivity index (χ3n) is 3.95. The van der Waals surface area contributed by atoms with Crippen LogP contribution in [0.1, 0.15) is 44.8 Å². The van der Waals surface area contributed by atoms with Gasteiger partial charge in [-0.1, -0.05) is 50.6 Å². The third kappa shape index (κ3) is 6.59. The fourth-order valence-corrected chi connectivity index (χ4v) is 2.17. The maximum absolute atomic E-state index is 11.5. The number of carbonyl (C=O) groups excluding carboxylic acids is 1. The summed E-state index contributed by atoms with van der Waals surface area (Å²) in [5.41, 5.74) is 1.67. The highest BCUT2D eigenvalue weighted by molar-refractivity contribution is 5.81. The summed E-state index contributed by atoms with van der Waals surface area (Å²) in [7, 11) is 1.61. The molecule has 0 bridgehead atoms. The maximum atomic E-state index is 11.5. The molecule has 1 N–H and O–H groups in total. The van der Waals surface area contributed by atoms with Crippen LogP contribution in [0.2, 0.25) is 0 Å². The monoisotopic (exact) mass is 332 g/mol.